The fourth-order valence-electron chi connectivity index (χ4n) is 4.91. The number of hydrogen-bond donors (Lipinski definition) is 0. The summed E-state index contributed by atoms with van der Waals surface area (Å²) in [5.74, 6) is 1.28. The molecule has 0 radical (unpaired) electrons. The number of rotatable bonds is 3. The molecule has 0 spiro atoms. The van der Waals surface area contributed by atoms with E-state index >= 15 is 0 Å². The second-order valence-electron chi connectivity index (χ2n) is 8.91. The summed E-state index contributed by atoms with van der Waals surface area (Å²) in [6.07, 6.45) is -4.50. The summed E-state index contributed by atoms with van der Waals surface area (Å²) in [4.78, 5) is 4.83. The Morgan fingerprint density at radius 2 is 1.79 bits per heavy atom. The maximum Gasteiger partial charge on any atom is 0.417 e. The van der Waals surface area contributed by atoms with E-state index in [0.29, 0.717) is 28.8 Å². The molecule has 0 atom stereocenters. The van der Waals surface area contributed by atoms with E-state index in [-0.39, 0.29) is 19.6 Å². The van der Waals surface area contributed by atoms with Gasteiger partial charge in [0.2, 0.25) is 10.0 Å². The van der Waals surface area contributed by atoms with Crippen LogP contribution in [-0.4, -0.2) is 39.7 Å². The highest BCUT2D eigenvalue weighted by molar-refractivity contribution is 7.89. The molecule has 0 saturated carbocycles. The monoisotopic (exact) mass is 577 g/mol. The predicted octanol–water partition coefficient (Wildman–Crippen LogP) is 5.41. The van der Waals surface area contributed by atoms with Gasteiger partial charge in [0.25, 0.3) is 0 Å². The molecule has 2 aliphatic heterocycles. The van der Waals surface area contributed by atoms with Crippen LogP contribution in [0.15, 0.2) is 58.4 Å². The first-order chi connectivity index (χ1) is 18.1. The molecule has 0 N–H and O–H groups in total. The molecule has 7 nitrogen and oxygen atoms in total. The Labute approximate surface area is 225 Å². The molecule has 196 valence electrons. The number of alkyl halides is 3. The van der Waals surface area contributed by atoms with E-state index in [1.807, 2.05) is 29.7 Å². The Kier molecular flexibility index (Phi) is 5.98. The fourth-order valence-corrected chi connectivity index (χ4v) is 8.27. The van der Waals surface area contributed by atoms with Gasteiger partial charge in [0.1, 0.15) is 17.4 Å². The molecule has 2 aromatic carbocycles. The summed E-state index contributed by atoms with van der Waals surface area (Å²) >= 11 is 7.93. The molecule has 0 saturated heterocycles. The Hall–Kier alpha value is -3.06. The van der Waals surface area contributed by atoms with Gasteiger partial charge in [0.15, 0.2) is 5.82 Å². The topological polar surface area (TPSA) is 80.5 Å². The van der Waals surface area contributed by atoms with Gasteiger partial charge in [-0.3, -0.25) is 9.56 Å². The van der Waals surface area contributed by atoms with Crippen LogP contribution in [0.5, 0.6) is 0 Å². The van der Waals surface area contributed by atoms with Crippen LogP contribution in [0.2, 0.25) is 5.02 Å². The molecule has 4 heterocycles. The number of nitrogens with zero attached hydrogens (tertiary/aromatic N) is 5. The summed E-state index contributed by atoms with van der Waals surface area (Å²) in [5, 5.41) is 9.78. The zero-order valence-corrected chi connectivity index (χ0v) is 22.2. The van der Waals surface area contributed by atoms with Gasteiger partial charge in [-0.2, -0.15) is 17.5 Å². The molecule has 0 unspecified atom stereocenters. The van der Waals surface area contributed by atoms with Crippen molar-refractivity contribution in [3.63, 3.8) is 0 Å². The molecular weight excluding hydrogens is 559 g/mol. The zero-order chi connectivity index (χ0) is 26.8. The van der Waals surface area contributed by atoms with Gasteiger partial charge in [-0.05, 0) is 37.1 Å². The minimum absolute atomic E-state index is 0.0223. The molecule has 0 aliphatic carbocycles. The number of thiophene rings is 1. The van der Waals surface area contributed by atoms with Crippen LogP contribution in [0.3, 0.4) is 0 Å². The Bertz CT molecular complexity index is 1730. The van der Waals surface area contributed by atoms with Crippen molar-refractivity contribution in [1.29, 1.82) is 0 Å². The lowest BCUT2D eigenvalue weighted by Gasteiger charge is -2.28. The van der Waals surface area contributed by atoms with Crippen LogP contribution >= 0.6 is 22.9 Å². The number of fused-ring (bicyclic) bond motifs is 5. The predicted molar refractivity (Wildman–Crippen MR) is 138 cm³/mol. The fraction of sp³-hybridized carbons (Fsp3) is 0.240. The van der Waals surface area contributed by atoms with Crippen molar-refractivity contribution >= 4 is 38.7 Å². The van der Waals surface area contributed by atoms with Crippen molar-refractivity contribution in [2.24, 2.45) is 4.99 Å². The van der Waals surface area contributed by atoms with Crippen molar-refractivity contribution in [1.82, 2.24) is 19.1 Å². The number of halogens is 4. The summed E-state index contributed by atoms with van der Waals surface area (Å²) in [7, 11) is -4.42. The minimum Gasteiger partial charge on any atom is -0.276 e. The summed E-state index contributed by atoms with van der Waals surface area (Å²) in [5.41, 5.74) is 1.96. The van der Waals surface area contributed by atoms with Crippen LogP contribution in [0.1, 0.15) is 38.8 Å². The van der Waals surface area contributed by atoms with Crippen LogP contribution in [0.4, 0.5) is 13.2 Å². The highest BCUT2D eigenvalue weighted by atomic mass is 35.5. The first-order valence-corrected chi connectivity index (χ1v) is 14.2. The molecule has 0 fully saturated rings. The second kappa shape index (κ2) is 9.01. The van der Waals surface area contributed by atoms with Gasteiger partial charge in [0.05, 0.1) is 16.2 Å². The Morgan fingerprint density at radius 3 is 2.55 bits per heavy atom. The highest BCUT2D eigenvalue weighted by Gasteiger charge is 2.41. The number of aryl methyl sites for hydroxylation is 1. The minimum atomic E-state index is -4.80. The van der Waals surface area contributed by atoms with E-state index in [4.69, 9.17) is 16.6 Å². The average Bonchev–Trinajstić information content (AvgIpc) is 3.39. The van der Waals surface area contributed by atoms with Crippen molar-refractivity contribution in [2.45, 2.75) is 37.5 Å². The molecule has 0 bridgehead atoms. The lowest BCUT2D eigenvalue weighted by atomic mass is 9.96. The maximum atomic E-state index is 13.6. The van der Waals surface area contributed by atoms with E-state index in [0.717, 1.165) is 43.0 Å². The summed E-state index contributed by atoms with van der Waals surface area (Å²) in [6, 6.07) is 11.6. The van der Waals surface area contributed by atoms with E-state index in [1.165, 1.54) is 23.5 Å². The second-order valence-corrected chi connectivity index (χ2v) is 12.3. The van der Waals surface area contributed by atoms with Gasteiger partial charge in [-0.1, -0.05) is 41.9 Å². The van der Waals surface area contributed by atoms with Crippen molar-refractivity contribution in [3.8, 4) is 5.00 Å². The van der Waals surface area contributed by atoms with E-state index < -0.39 is 26.7 Å². The molecular formula is C25H19ClF3N5O2S2. The average molecular weight is 578 g/mol. The molecule has 2 aromatic heterocycles. The lowest BCUT2D eigenvalue weighted by Crippen LogP contribution is -2.36. The van der Waals surface area contributed by atoms with Crippen LogP contribution in [-0.2, 0) is 35.7 Å². The molecule has 13 heteroatoms. The van der Waals surface area contributed by atoms with Gasteiger partial charge in [0, 0.05) is 34.1 Å². The molecule has 38 heavy (non-hydrogen) atoms. The number of hydrogen-bond acceptors (Lipinski definition) is 6. The van der Waals surface area contributed by atoms with Crippen LogP contribution < -0.4 is 0 Å². The third kappa shape index (κ3) is 3.98. The maximum absolute atomic E-state index is 13.6. The van der Waals surface area contributed by atoms with Gasteiger partial charge < -0.3 is 0 Å². The molecule has 0 amide bonds. The Morgan fingerprint density at radius 1 is 1.05 bits per heavy atom. The van der Waals surface area contributed by atoms with Crippen molar-refractivity contribution < 1.29 is 21.6 Å². The van der Waals surface area contributed by atoms with Crippen molar-refractivity contribution in [2.75, 3.05) is 6.54 Å². The normalized spacial score (nSPS) is 15.9. The zero-order valence-electron chi connectivity index (χ0n) is 19.8. The van der Waals surface area contributed by atoms with Crippen LogP contribution in [0, 0.1) is 6.92 Å². The first kappa shape index (κ1) is 25.2. The first-order valence-electron chi connectivity index (χ1n) is 11.6. The third-order valence-electron chi connectivity index (χ3n) is 6.65. The number of sulfonamides is 1. The number of aromatic nitrogens is 3. The van der Waals surface area contributed by atoms with Crippen LogP contribution in [0.25, 0.3) is 5.00 Å². The number of aliphatic imine (C=N–C) groups is 1. The number of benzene rings is 2. The Balaban J connectivity index is 1.48. The van der Waals surface area contributed by atoms with E-state index in [9.17, 15) is 21.6 Å². The summed E-state index contributed by atoms with van der Waals surface area (Å²) < 4.78 is 70.9. The molecule has 4 aromatic rings. The van der Waals surface area contributed by atoms with Gasteiger partial charge in [-0.15, -0.1) is 21.5 Å². The van der Waals surface area contributed by atoms with E-state index in [2.05, 4.69) is 10.2 Å². The molecule has 6 rings (SSSR count). The standard InChI is InChI=1S/C25H19ClF3N5O2S2/c1-14-31-32-21-12-30-23(15-6-2-4-8-18(15)26)22-16-10-11-33(13-19(16)37-24(22)34(14)21)38(35,36)20-9-5-3-7-17(20)25(27,28)29/h2-9H,10-13H2,1H3. The largest absolute Gasteiger partial charge is 0.417 e. The molecule has 2 aliphatic rings. The lowest BCUT2D eigenvalue weighted by molar-refractivity contribution is -0.139. The highest BCUT2D eigenvalue weighted by Crippen LogP contribution is 2.42. The quantitative estimate of drug-likeness (QED) is 0.326. The van der Waals surface area contributed by atoms with Gasteiger partial charge >= 0.3 is 6.18 Å². The van der Waals surface area contributed by atoms with Gasteiger partial charge in [-0.25, -0.2) is 8.42 Å². The smallest absolute Gasteiger partial charge is 0.276 e. The van der Waals surface area contributed by atoms with Crippen molar-refractivity contribution in [3.05, 3.63) is 92.3 Å². The SMILES string of the molecule is Cc1nnc2n1-c1sc3c(c1C(c1ccccc1Cl)=NC2)CCN(S(=O)(=O)c1ccccc1C(F)(F)F)C3. The summed E-state index contributed by atoms with van der Waals surface area (Å²) in [6.45, 7) is 2.07. The van der Waals surface area contributed by atoms with E-state index in [1.54, 1.807) is 6.07 Å². The third-order valence-corrected chi connectivity index (χ3v) is 10.1.